The van der Waals surface area contributed by atoms with Crippen molar-refractivity contribution < 1.29 is 14.3 Å². The Hall–Kier alpha value is -3.57. The average Bonchev–Trinajstić information content (AvgIpc) is 3.04. The van der Waals surface area contributed by atoms with Gasteiger partial charge in [-0.1, -0.05) is 48.0 Å². The van der Waals surface area contributed by atoms with Crippen molar-refractivity contribution in [1.82, 2.24) is 0 Å². The van der Waals surface area contributed by atoms with Crippen LogP contribution in [0.25, 0.3) is 5.57 Å². The first-order valence-electron chi connectivity index (χ1n) is 9.75. The summed E-state index contributed by atoms with van der Waals surface area (Å²) in [6, 6.07) is 21.8. The summed E-state index contributed by atoms with van der Waals surface area (Å²) in [5.41, 5.74) is 3.18. The molecule has 1 aliphatic heterocycles. The van der Waals surface area contributed by atoms with Crippen molar-refractivity contribution in [3.05, 3.63) is 94.6 Å². The van der Waals surface area contributed by atoms with Crippen molar-refractivity contribution in [2.75, 3.05) is 24.0 Å². The number of anilines is 2. The Bertz CT molecular complexity index is 1200. The first-order chi connectivity index (χ1) is 14.9. The smallest absolute Gasteiger partial charge is 0.282 e. The van der Waals surface area contributed by atoms with Gasteiger partial charge in [-0.3, -0.25) is 9.59 Å². The quantitative estimate of drug-likeness (QED) is 0.528. The molecule has 31 heavy (non-hydrogen) atoms. The number of likely N-dealkylation sites (N-methyl/N-ethyl adjacent to an activating group) is 1. The molecule has 0 spiro atoms. The van der Waals surface area contributed by atoms with E-state index in [0.29, 0.717) is 27.6 Å². The summed E-state index contributed by atoms with van der Waals surface area (Å²) in [6.07, 6.45) is 0. The van der Waals surface area contributed by atoms with Crippen LogP contribution >= 0.6 is 11.6 Å². The Kier molecular flexibility index (Phi) is 5.53. The first kappa shape index (κ1) is 20.7. The Morgan fingerprint density at radius 2 is 1.58 bits per heavy atom. The molecule has 0 aromatic heterocycles. The van der Waals surface area contributed by atoms with E-state index in [4.69, 9.17) is 16.3 Å². The highest BCUT2D eigenvalue weighted by Gasteiger charge is 2.43. The average molecular weight is 433 g/mol. The van der Waals surface area contributed by atoms with Crippen LogP contribution in [0.1, 0.15) is 11.1 Å². The number of hydrogen-bond acceptors (Lipinski definition) is 4. The summed E-state index contributed by atoms with van der Waals surface area (Å²) in [7, 11) is 3.33. The number of imide groups is 1. The second-order valence-corrected chi connectivity index (χ2v) is 7.63. The Morgan fingerprint density at radius 3 is 2.26 bits per heavy atom. The maximum Gasteiger partial charge on any atom is 0.282 e. The van der Waals surface area contributed by atoms with E-state index in [0.717, 1.165) is 11.3 Å². The van der Waals surface area contributed by atoms with Gasteiger partial charge in [0, 0.05) is 23.3 Å². The second kappa shape index (κ2) is 8.28. The number of carbonyl (C=O) groups is 2. The van der Waals surface area contributed by atoms with Gasteiger partial charge >= 0.3 is 0 Å². The molecule has 0 aliphatic carbocycles. The van der Waals surface area contributed by atoms with Crippen LogP contribution in [0.15, 0.2) is 78.5 Å². The number of halogens is 1. The fourth-order valence-corrected chi connectivity index (χ4v) is 4.02. The third kappa shape index (κ3) is 3.57. The van der Waals surface area contributed by atoms with Crippen molar-refractivity contribution in [2.45, 2.75) is 6.92 Å². The molecular formula is C25H21ClN2O3. The zero-order valence-corrected chi connectivity index (χ0v) is 18.2. The van der Waals surface area contributed by atoms with Gasteiger partial charge in [0.1, 0.15) is 11.4 Å². The normalized spacial score (nSPS) is 13.7. The number of carbonyl (C=O) groups excluding carboxylic acids is 2. The molecule has 6 heteroatoms. The molecule has 0 radical (unpaired) electrons. The van der Waals surface area contributed by atoms with E-state index >= 15 is 0 Å². The number of amides is 2. The topological polar surface area (TPSA) is 49.9 Å². The van der Waals surface area contributed by atoms with Crippen molar-refractivity contribution in [1.29, 1.82) is 0 Å². The minimum absolute atomic E-state index is 0.287. The molecule has 1 aliphatic rings. The summed E-state index contributed by atoms with van der Waals surface area (Å²) in [6.45, 7) is 1.82. The standard InChI is InChI=1S/C25H21ClN2O3/c1-16-15-17(26)13-14-20(16)28-24(29)22(19-11-7-8-12-21(19)31-3)23(25(28)30)27(2)18-9-5-4-6-10-18/h4-15H,1-3H3. The molecule has 5 nitrogen and oxygen atoms in total. The molecule has 0 saturated carbocycles. The number of hydrogen-bond donors (Lipinski definition) is 0. The Balaban J connectivity index is 1.93. The highest BCUT2D eigenvalue weighted by molar-refractivity contribution is 6.46. The highest BCUT2D eigenvalue weighted by Crippen LogP contribution is 2.40. The van der Waals surface area contributed by atoms with Gasteiger partial charge < -0.3 is 9.64 Å². The van der Waals surface area contributed by atoms with Crippen LogP contribution in [0.3, 0.4) is 0 Å². The highest BCUT2D eigenvalue weighted by atomic mass is 35.5. The number of methoxy groups -OCH3 is 1. The Morgan fingerprint density at radius 1 is 0.903 bits per heavy atom. The van der Waals surface area contributed by atoms with Crippen LogP contribution in [-0.2, 0) is 9.59 Å². The lowest BCUT2D eigenvalue weighted by Crippen LogP contribution is -2.34. The van der Waals surface area contributed by atoms with Gasteiger partial charge in [0.25, 0.3) is 11.8 Å². The van der Waals surface area contributed by atoms with E-state index in [9.17, 15) is 9.59 Å². The second-order valence-electron chi connectivity index (χ2n) is 7.19. The minimum Gasteiger partial charge on any atom is -0.496 e. The zero-order chi connectivity index (χ0) is 22.1. The number of nitrogens with zero attached hydrogens (tertiary/aromatic N) is 2. The fourth-order valence-electron chi connectivity index (χ4n) is 3.79. The van der Waals surface area contributed by atoms with Crippen molar-refractivity contribution in [2.24, 2.45) is 0 Å². The molecule has 4 rings (SSSR count). The molecule has 1 heterocycles. The number of aryl methyl sites for hydroxylation is 1. The van der Waals surface area contributed by atoms with Gasteiger partial charge in [0.2, 0.25) is 0 Å². The van der Waals surface area contributed by atoms with Gasteiger partial charge in [-0.15, -0.1) is 0 Å². The van der Waals surface area contributed by atoms with Gasteiger partial charge in [0.05, 0.1) is 18.4 Å². The molecule has 3 aromatic rings. The van der Waals surface area contributed by atoms with Crippen LogP contribution in [-0.4, -0.2) is 26.0 Å². The predicted molar refractivity (Wildman–Crippen MR) is 123 cm³/mol. The maximum atomic E-state index is 13.7. The van der Waals surface area contributed by atoms with Crippen LogP contribution in [0.4, 0.5) is 11.4 Å². The van der Waals surface area contributed by atoms with Crippen LogP contribution in [0.2, 0.25) is 5.02 Å². The van der Waals surface area contributed by atoms with E-state index in [2.05, 4.69) is 0 Å². The molecule has 0 bridgehead atoms. The lowest BCUT2D eigenvalue weighted by molar-refractivity contribution is -0.120. The first-order valence-corrected chi connectivity index (χ1v) is 10.1. The number of benzene rings is 3. The van der Waals surface area contributed by atoms with Gasteiger partial charge in [-0.25, -0.2) is 4.90 Å². The molecule has 2 amide bonds. The maximum absolute atomic E-state index is 13.7. The van der Waals surface area contributed by atoms with E-state index < -0.39 is 11.8 Å². The largest absolute Gasteiger partial charge is 0.496 e. The number of para-hydroxylation sites is 2. The van der Waals surface area contributed by atoms with E-state index in [-0.39, 0.29) is 5.70 Å². The van der Waals surface area contributed by atoms with E-state index in [1.165, 1.54) is 4.90 Å². The summed E-state index contributed by atoms with van der Waals surface area (Å²) in [4.78, 5) is 30.3. The predicted octanol–water partition coefficient (Wildman–Crippen LogP) is 5.08. The molecule has 0 unspecified atom stereocenters. The van der Waals surface area contributed by atoms with E-state index in [1.54, 1.807) is 49.4 Å². The van der Waals surface area contributed by atoms with Gasteiger partial charge in [0.15, 0.2) is 0 Å². The summed E-state index contributed by atoms with van der Waals surface area (Å²) >= 11 is 6.10. The molecule has 0 atom stereocenters. The van der Waals surface area contributed by atoms with Gasteiger partial charge in [-0.05, 0) is 48.9 Å². The van der Waals surface area contributed by atoms with E-state index in [1.807, 2.05) is 49.4 Å². The molecular weight excluding hydrogens is 412 g/mol. The van der Waals surface area contributed by atoms with Gasteiger partial charge in [-0.2, -0.15) is 0 Å². The van der Waals surface area contributed by atoms with Crippen molar-refractivity contribution >= 4 is 40.4 Å². The van der Waals surface area contributed by atoms with Crippen molar-refractivity contribution in [3.63, 3.8) is 0 Å². The number of rotatable bonds is 5. The minimum atomic E-state index is -0.405. The monoisotopic (exact) mass is 432 g/mol. The fraction of sp³-hybridized carbons (Fsp3) is 0.120. The SMILES string of the molecule is COc1ccccc1C1=C(N(C)c2ccccc2)C(=O)N(c2ccc(Cl)cc2C)C1=O. The zero-order valence-electron chi connectivity index (χ0n) is 17.4. The molecule has 156 valence electrons. The van der Waals surface area contributed by atoms with Crippen LogP contribution < -0.4 is 14.5 Å². The molecule has 0 saturated heterocycles. The number of ether oxygens (including phenoxy) is 1. The van der Waals surface area contributed by atoms with Crippen LogP contribution in [0.5, 0.6) is 5.75 Å². The molecule has 0 N–H and O–H groups in total. The Labute approximate surface area is 186 Å². The summed E-state index contributed by atoms with van der Waals surface area (Å²) in [5.74, 6) is -0.285. The molecule has 0 fully saturated rings. The van der Waals surface area contributed by atoms with Crippen LogP contribution in [0, 0.1) is 6.92 Å². The van der Waals surface area contributed by atoms with Crippen molar-refractivity contribution in [3.8, 4) is 5.75 Å². The summed E-state index contributed by atoms with van der Waals surface area (Å²) < 4.78 is 5.50. The molecule has 3 aromatic carbocycles. The summed E-state index contributed by atoms with van der Waals surface area (Å²) in [5, 5.41) is 0.542. The third-order valence-electron chi connectivity index (χ3n) is 5.31. The lowest BCUT2D eigenvalue weighted by Gasteiger charge is -2.22. The third-order valence-corrected chi connectivity index (χ3v) is 5.55. The lowest BCUT2D eigenvalue weighted by atomic mass is 10.0.